The molecular formula is C13H19NO2S. The fraction of sp³-hybridized carbons (Fsp3) is 0.462. The molecule has 1 amide bonds. The van der Waals surface area contributed by atoms with Gasteiger partial charge >= 0.3 is 0 Å². The molecule has 4 heteroatoms. The van der Waals surface area contributed by atoms with Crippen molar-refractivity contribution in [2.75, 3.05) is 12.9 Å². The van der Waals surface area contributed by atoms with E-state index in [0.717, 1.165) is 5.56 Å². The standard InChI is InChI=1S/C13H19NO2S/c1-10(17-2)8-13(16)14-12(9-15)11-6-4-3-5-7-11/h3-7,10,12,15H,8-9H2,1-2H3,(H,14,16)/t10-,12+/m1/s1. The molecular weight excluding hydrogens is 234 g/mol. The van der Waals surface area contributed by atoms with Gasteiger partial charge in [0.15, 0.2) is 0 Å². The molecule has 2 N–H and O–H groups in total. The van der Waals surface area contributed by atoms with E-state index in [0.29, 0.717) is 11.7 Å². The van der Waals surface area contributed by atoms with Crippen molar-refractivity contribution >= 4 is 17.7 Å². The van der Waals surface area contributed by atoms with Gasteiger partial charge in [0, 0.05) is 11.7 Å². The first-order valence-electron chi connectivity index (χ1n) is 5.65. The molecule has 17 heavy (non-hydrogen) atoms. The third-order valence-corrected chi connectivity index (χ3v) is 3.57. The van der Waals surface area contributed by atoms with E-state index in [9.17, 15) is 9.90 Å². The SMILES string of the molecule is CS[C@H](C)CC(=O)N[C@@H](CO)c1ccccc1. The van der Waals surface area contributed by atoms with E-state index in [1.54, 1.807) is 11.8 Å². The lowest BCUT2D eigenvalue weighted by molar-refractivity contribution is -0.122. The van der Waals surface area contributed by atoms with Crippen molar-refractivity contribution in [2.24, 2.45) is 0 Å². The molecule has 0 aliphatic rings. The molecule has 0 saturated heterocycles. The first kappa shape index (κ1) is 14.1. The number of carbonyl (C=O) groups excluding carboxylic acids is 1. The Kier molecular flexibility index (Phi) is 6.08. The van der Waals surface area contributed by atoms with Gasteiger partial charge in [-0.1, -0.05) is 37.3 Å². The fourth-order valence-corrected chi connectivity index (χ4v) is 1.84. The molecule has 0 fully saturated rings. The summed E-state index contributed by atoms with van der Waals surface area (Å²) in [5.74, 6) is -0.0187. The van der Waals surface area contributed by atoms with Gasteiger partial charge in [-0.2, -0.15) is 11.8 Å². The number of hydrogen-bond acceptors (Lipinski definition) is 3. The van der Waals surface area contributed by atoms with Gasteiger partial charge in [-0.3, -0.25) is 4.79 Å². The van der Waals surface area contributed by atoms with E-state index >= 15 is 0 Å². The molecule has 0 unspecified atom stereocenters. The molecule has 0 aliphatic heterocycles. The highest BCUT2D eigenvalue weighted by Crippen LogP contribution is 2.14. The number of aliphatic hydroxyl groups is 1. The van der Waals surface area contributed by atoms with Gasteiger partial charge in [0.05, 0.1) is 12.6 Å². The fourth-order valence-electron chi connectivity index (χ4n) is 1.52. The number of aliphatic hydroxyl groups excluding tert-OH is 1. The van der Waals surface area contributed by atoms with Gasteiger partial charge in [-0.05, 0) is 11.8 Å². The summed E-state index contributed by atoms with van der Waals surface area (Å²) in [7, 11) is 0. The molecule has 2 atom stereocenters. The second kappa shape index (κ2) is 7.35. The van der Waals surface area contributed by atoms with E-state index in [-0.39, 0.29) is 18.6 Å². The molecule has 0 aliphatic carbocycles. The summed E-state index contributed by atoms with van der Waals surface area (Å²) in [5, 5.41) is 12.4. The van der Waals surface area contributed by atoms with Crippen LogP contribution < -0.4 is 5.32 Å². The topological polar surface area (TPSA) is 49.3 Å². The predicted molar refractivity (Wildman–Crippen MR) is 72.0 cm³/mol. The van der Waals surface area contributed by atoms with E-state index in [4.69, 9.17) is 0 Å². The minimum absolute atomic E-state index is 0.0187. The highest BCUT2D eigenvalue weighted by molar-refractivity contribution is 7.99. The average molecular weight is 253 g/mol. The van der Waals surface area contributed by atoms with Gasteiger partial charge in [-0.15, -0.1) is 0 Å². The maximum atomic E-state index is 11.7. The number of amides is 1. The maximum Gasteiger partial charge on any atom is 0.221 e. The minimum atomic E-state index is -0.308. The molecule has 0 bridgehead atoms. The minimum Gasteiger partial charge on any atom is -0.394 e. The third-order valence-electron chi connectivity index (χ3n) is 2.59. The summed E-state index contributed by atoms with van der Waals surface area (Å²) in [5.41, 5.74) is 0.931. The van der Waals surface area contributed by atoms with Crippen molar-refractivity contribution in [3.05, 3.63) is 35.9 Å². The Morgan fingerprint density at radius 1 is 1.41 bits per heavy atom. The molecule has 0 radical (unpaired) electrons. The Balaban J connectivity index is 2.56. The van der Waals surface area contributed by atoms with Crippen LogP contribution in [0.25, 0.3) is 0 Å². The Morgan fingerprint density at radius 2 is 2.06 bits per heavy atom. The van der Waals surface area contributed by atoms with Crippen LogP contribution >= 0.6 is 11.8 Å². The van der Waals surface area contributed by atoms with Gasteiger partial charge in [-0.25, -0.2) is 0 Å². The van der Waals surface area contributed by atoms with Crippen molar-refractivity contribution < 1.29 is 9.90 Å². The second-order valence-electron chi connectivity index (χ2n) is 3.96. The number of thioether (sulfide) groups is 1. The number of hydrogen-bond donors (Lipinski definition) is 2. The maximum absolute atomic E-state index is 11.7. The molecule has 1 aromatic carbocycles. The van der Waals surface area contributed by atoms with Gasteiger partial charge < -0.3 is 10.4 Å². The number of carbonyl (C=O) groups is 1. The molecule has 0 heterocycles. The van der Waals surface area contributed by atoms with Crippen LogP contribution in [0.15, 0.2) is 30.3 Å². The molecule has 0 spiro atoms. The summed E-state index contributed by atoms with van der Waals surface area (Å²) >= 11 is 1.66. The number of benzene rings is 1. The zero-order valence-electron chi connectivity index (χ0n) is 10.2. The quantitative estimate of drug-likeness (QED) is 0.815. The van der Waals surface area contributed by atoms with Crippen LogP contribution in [0, 0.1) is 0 Å². The summed E-state index contributed by atoms with van der Waals surface area (Å²) in [6, 6.07) is 9.20. The van der Waals surface area contributed by atoms with Crippen LogP contribution in [0.1, 0.15) is 24.9 Å². The van der Waals surface area contributed by atoms with E-state index in [2.05, 4.69) is 5.32 Å². The molecule has 0 saturated carbocycles. The molecule has 1 aromatic rings. The summed E-state index contributed by atoms with van der Waals surface area (Å²) in [6.45, 7) is 1.93. The van der Waals surface area contributed by atoms with Crippen LogP contribution in [-0.4, -0.2) is 29.1 Å². The lowest BCUT2D eigenvalue weighted by atomic mass is 10.1. The summed E-state index contributed by atoms with van der Waals surface area (Å²) < 4.78 is 0. The normalized spacial score (nSPS) is 14.1. The molecule has 1 rings (SSSR count). The second-order valence-corrected chi connectivity index (χ2v) is 5.24. The smallest absolute Gasteiger partial charge is 0.221 e. The third kappa shape index (κ3) is 4.79. The van der Waals surface area contributed by atoms with Crippen LogP contribution in [0.3, 0.4) is 0 Å². The number of rotatable bonds is 6. The van der Waals surface area contributed by atoms with Gasteiger partial charge in [0.25, 0.3) is 0 Å². The Morgan fingerprint density at radius 3 is 2.59 bits per heavy atom. The zero-order chi connectivity index (χ0) is 12.7. The Hall–Kier alpha value is -1.00. The highest BCUT2D eigenvalue weighted by Gasteiger charge is 2.14. The Labute approximate surface area is 107 Å². The van der Waals surface area contributed by atoms with Crippen LogP contribution in [0.2, 0.25) is 0 Å². The lowest BCUT2D eigenvalue weighted by Crippen LogP contribution is -2.32. The van der Waals surface area contributed by atoms with Crippen LogP contribution in [-0.2, 0) is 4.79 Å². The molecule has 3 nitrogen and oxygen atoms in total. The zero-order valence-corrected chi connectivity index (χ0v) is 11.0. The lowest BCUT2D eigenvalue weighted by Gasteiger charge is -2.17. The first-order valence-corrected chi connectivity index (χ1v) is 6.94. The highest BCUT2D eigenvalue weighted by atomic mass is 32.2. The van der Waals surface area contributed by atoms with Crippen molar-refractivity contribution in [2.45, 2.75) is 24.6 Å². The van der Waals surface area contributed by atoms with E-state index in [1.165, 1.54) is 0 Å². The monoisotopic (exact) mass is 253 g/mol. The van der Waals surface area contributed by atoms with Crippen LogP contribution in [0.4, 0.5) is 0 Å². The van der Waals surface area contributed by atoms with E-state index < -0.39 is 0 Å². The van der Waals surface area contributed by atoms with E-state index in [1.807, 2.05) is 43.5 Å². The van der Waals surface area contributed by atoms with Crippen molar-refractivity contribution in [3.8, 4) is 0 Å². The number of nitrogens with one attached hydrogen (secondary N) is 1. The van der Waals surface area contributed by atoms with Gasteiger partial charge in [0.1, 0.15) is 0 Å². The van der Waals surface area contributed by atoms with Crippen molar-refractivity contribution in [1.29, 1.82) is 0 Å². The predicted octanol–water partition coefficient (Wildman–Crippen LogP) is 1.98. The average Bonchev–Trinajstić information content (AvgIpc) is 2.36. The van der Waals surface area contributed by atoms with Crippen molar-refractivity contribution in [1.82, 2.24) is 5.32 Å². The first-order chi connectivity index (χ1) is 8.17. The van der Waals surface area contributed by atoms with Gasteiger partial charge in [0.2, 0.25) is 5.91 Å². The molecule has 0 aromatic heterocycles. The Bertz CT molecular complexity index is 343. The van der Waals surface area contributed by atoms with Crippen molar-refractivity contribution in [3.63, 3.8) is 0 Å². The van der Waals surface area contributed by atoms with Crippen LogP contribution in [0.5, 0.6) is 0 Å². The summed E-state index contributed by atoms with van der Waals surface area (Å²) in [6.07, 6.45) is 2.46. The summed E-state index contributed by atoms with van der Waals surface area (Å²) in [4.78, 5) is 11.7. The largest absolute Gasteiger partial charge is 0.394 e. The molecule has 94 valence electrons.